The molecule has 0 radical (unpaired) electrons. The van der Waals surface area contributed by atoms with E-state index >= 15 is 0 Å². The van der Waals surface area contributed by atoms with E-state index in [1.165, 1.54) is 24.3 Å². The Bertz CT molecular complexity index is 1040. The predicted octanol–water partition coefficient (Wildman–Crippen LogP) is 4.22. The Kier molecular flexibility index (Phi) is 9.15. The number of hydrogen-bond donors (Lipinski definition) is 2. The van der Waals surface area contributed by atoms with Crippen LogP contribution in [0.1, 0.15) is 41.6 Å². The minimum absolute atomic E-state index is 0.00633. The second-order valence-corrected chi connectivity index (χ2v) is 9.58. The Balaban J connectivity index is 1.92. The van der Waals surface area contributed by atoms with Gasteiger partial charge in [-0.15, -0.1) is 0 Å². The molecule has 0 fully saturated rings. The number of nitrogens with one attached hydrogen (secondary N) is 2. The maximum atomic E-state index is 12.2. The minimum Gasteiger partial charge on any atom is -0.452 e. The molecule has 0 aromatic heterocycles. The standard InChI is InChI=1S/C21H24Cl2N2O5S/c1-3-5-15(18-9-8-16(22)11-19(18)23)12-24-20(26)13-30-21(27)14-6-4-7-17(10-14)25-31(2,28)29/h4,6-11,15,25H,3,5,12-13H2,1-2H3,(H,24,26)/t15-/m0/s1. The lowest BCUT2D eigenvalue weighted by atomic mass is 9.94. The van der Waals surface area contributed by atoms with Gasteiger partial charge in [0.05, 0.1) is 11.8 Å². The Hall–Kier alpha value is -2.29. The van der Waals surface area contributed by atoms with E-state index in [1.54, 1.807) is 12.1 Å². The minimum atomic E-state index is -3.48. The van der Waals surface area contributed by atoms with E-state index in [9.17, 15) is 18.0 Å². The number of benzene rings is 2. The van der Waals surface area contributed by atoms with Gasteiger partial charge < -0.3 is 10.1 Å². The van der Waals surface area contributed by atoms with Gasteiger partial charge in [0.2, 0.25) is 10.0 Å². The number of hydrogen-bond acceptors (Lipinski definition) is 5. The third kappa shape index (κ3) is 8.40. The molecule has 1 atom stereocenters. The van der Waals surface area contributed by atoms with E-state index in [0.29, 0.717) is 16.6 Å². The Labute approximate surface area is 192 Å². The fourth-order valence-electron chi connectivity index (χ4n) is 2.97. The molecule has 10 heteroatoms. The summed E-state index contributed by atoms with van der Waals surface area (Å²) in [6, 6.07) is 11.1. The summed E-state index contributed by atoms with van der Waals surface area (Å²) in [7, 11) is -3.48. The van der Waals surface area contributed by atoms with E-state index < -0.39 is 28.5 Å². The van der Waals surface area contributed by atoms with Gasteiger partial charge in [-0.2, -0.15) is 0 Å². The first-order valence-corrected chi connectivity index (χ1v) is 12.2. The molecule has 7 nitrogen and oxygen atoms in total. The second-order valence-electron chi connectivity index (χ2n) is 6.99. The van der Waals surface area contributed by atoms with E-state index in [2.05, 4.69) is 10.0 Å². The molecule has 0 bridgehead atoms. The van der Waals surface area contributed by atoms with Crippen molar-refractivity contribution >= 4 is 50.8 Å². The highest BCUT2D eigenvalue weighted by Gasteiger charge is 2.17. The number of amides is 1. The number of halogens is 2. The Morgan fingerprint density at radius 2 is 1.87 bits per heavy atom. The number of rotatable bonds is 10. The SMILES string of the molecule is CCC[C@@H](CNC(=O)COC(=O)c1cccc(NS(C)(=O)=O)c1)c1ccc(Cl)cc1Cl. The van der Waals surface area contributed by atoms with E-state index in [-0.39, 0.29) is 17.2 Å². The summed E-state index contributed by atoms with van der Waals surface area (Å²) in [5, 5.41) is 3.83. The van der Waals surface area contributed by atoms with Crippen molar-refractivity contribution in [2.45, 2.75) is 25.7 Å². The van der Waals surface area contributed by atoms with Gasteiger partial charge in [-0.25, -0.2) is 13.2 Å². The van der Waals surface area contributed by atoms with Gasteiger partial charge in [0.25, 0.3) is 5.91 Å². The van der Waals surface area contributed by atoms with E-state index in [0.717, 1.165) is 24.7 Å². The lowest BCUT2D eigenvalue weighted by molar-refractivity contribution is -0.124. The van der Waals surface area contributed by atoms with Crippen molar-refractivity contribution in [3.05, 3.63) is 63.6 Å². The monoisotopic (exact) mass is 486 g/mol. The molecule has 0 spiro atoms. The quantitative estimate of drug-likeness (QED) is 0.489. The maximum Gasteiger partial charge on any atom is 0.338 e. The van der Waals surface area contributed by atoms with Crippen LogP contribution in [-0.4, -0.2) is 39.7 Å². The number of ether oxygens (including phenoxy) is 1. The van der Waals surface area contributed by atoms with E-state index in [1.807, 2.05) is 13.0 Å². The van der Waals surface area contributed by atoms with Crippen LogP contribution in [0, 0.1) is 0 Å². The number of carbonyl (C=O) groups excluding carboxylic acids is 2. The molecule has 0 aliphatic rings. The van der Waals surface area contributed by atoms with Crippen molar-refractivity contribution in [2.75, 3.05) is 24.1 Å². The third-order valence-corrected chi connectivity index (χ3v) is 5.49. The van der Waals surface area contributed by atoms with Crippen LogP contribution in [0.15, 0.2) is 42.5 Å². The zero-order valence-electron chi connectivity index (χ0n) is 17.2. The topological polar surface area (TPSA) is 102 Å². The van der Waals surface area contributed by atoms with Gasteiger partial charge in [-0.05, 0) is 42.3 Å². The van der Waals surface area contributed by atoms with Crippen LogP contribution < -0.4 is 10.0 Å². The number of anilines is 1. The zero-order chi connectivity index (χ0) is 23.0. The van der Waals surface area contributed by atoms with E-state index in [4.69, 9.17) is 27.9 Å². The van der Waals surface area contributed by atoms with Gasteiger partial charge in [0.15, 0.2) is 6.61 Å². The first kappa shape index (κ1) is 25.0. The average Bonchev–Trinajstić information content (AvgIpc) is 2.68. The average molecular weight is 487 g/mol. The van der Waals surface area contributed by atoms with Gasteiger partial charge in [0.1, 0.15) is 0 Å². The van der Waals surface area contributed by atoms with Crippen LogP contribution in [0.5, 0.6) is 0 Å². The first-order chi connectivity index (χ1) is 14.6. The fraction of sp³-hybridized carbons (Fsp3) is 0.333. The molecule has 2 aromatic carbocycles. The fourth-order valence-corrected chi connectivity index (χ4v) is 4.09. The molecular formula is C21H24Cl2N2O5S. The first-order valence-electron chi connectivity index (χ1n) is 9.55. The highest BCUT2D eigenvalue weighted by atomic mass is 35.5. The van der Waals surface area contributed by atoms with Crippen molar-refractivity contribution in [1.82, 2.24) is 5.32 Å². The molecule has 168 valence electrons. The number of sulfonamides is 1. The van der Waals surface area contributed by atoms with Crippen molar-refractivity contribution in [2.24, 2.45) is 0 Å². The highest BCUT2D eigenvalue weighted by Crippen LogP contribution is 2.30. The molecule has 2 aromatic rings. The smallest absolute Gasteiger partial charge is 0.338 e. The Morgan fingerprint density at radius 1 is 1.13 bits per heavy atom. The largest absolute Gasteiger partial charge is 0.452 e. The summed E-state index contributed by atoms with van der Waals surface area (Å²) in [5.41, 5.74) is 1.24. The third-order valence-electron chi connectivity index (χ3n) is 4.32. The summed E-state index contributed by atoms with van der Waals surface area (Å²) in [6.07, 6.45) is 2.71. The second kappa shape index (κ2) is 11.4. The molecule has 2 rings (SSSR count). The molecule has 1 amide bonds. The molecular weight excluding hydrogens is 463 g/mol. The lowest BCUT2D eigenvalue weighted by Gasteiger charge is -2.19. The van der Waals surface area contributed by atoms with Crippen molar-refractivity contribution in [3.63, 3.8) is 0 Å². The van der Waals surface area contributed by atoms with Gasteiger partial charge >= 0.3 is 5.97 Å². The van der Waals surface area contributed by atoms with Crippen LogP contribution in [-0.2, 0) is 19.6 Å². The van der Waals surface area contributed by atoms with Gasteiger partial charge in [-0.3, -0.25) is 9.52 Å². The summed E-state index contributed by atoms with van der Waals surface area (Å²) in [5.74, 6) is -1.20. The number of esters is 1. The van der Waals surface area contributed by atoms with Crippen molar-refractivity contribution < 1.29 is 22.7 Å². The molecule has 0 aliphatic heterocycles. The summed E-state index contributed by atoms with van der Waals surface area (Å²) in [4.78, 5) is 24.4. The predicted molar refractivity (Wildman–Crippen MR) is 122 cm³/mol. The molecule has 31 heavy (non-hydrogen) atoms. The lowest BCUT2D eigenvalue weighted by Crippen LogP contribution is -2.32. The summed E-state index contributed by atoms with van der Waals surface area (Å²) in [6.45, 7) is 1.91. The normalized spacial score (nSPS) is 12.1. The summed E-state index contributed by atoms with van der Waals surface area (Å²) >= 11 is 12.2. The Morgan fingerprint density at radius 3 is 2.52 bits per heavy atom. The molecule has 0 saturated carbocycles. The van der Waals surface area contributed by atoms with Gasteiger partial charge in [0, 0.05) is 28.2 Å². The van der Waals surface area contributed by atoms with Crippen molar-refractivity contribution in [3.8, 4) is 0 Å². The molecule has 0 aliphatic carbocycles. The highest BCUT2D eigenvalue weighted by molar-refractivity contribution is 7.92. The zero-order valence-corrected chi connectivity index (χ0v) is 19.5. The van der Waals surface area contributed by atoms with Crippen LogP contribution in [0.4, 0.5) is 5.69 Å². The van der Waals surface area contributed by atoms with Crippen LogP contribution in [0.2, 0.25) is 10.0 Å². The summed E-state index contributed by atoms with van der Waals surface area (Å²) < 4.78 is 29.9. The van der Waals surface area contributed by atoms with Crippen LogP contribution in [0.25, 0.3) is 0 Å². The molecule has 0 heterocycles. The number of carbonyl (C=O) groups is 2. The molecule has 2 N–H and O–H groups in total. The van der Waals surface area contributed by atoms with Gasteiger partial charge in [-0.1, -0.05) is 48.7 Å². The molecule has 0 unspecified atom stereocenters. The van der Waals surface area contributed by atoms with Crippen molar-refractivity contribution in [1.29, 1.82) is 0 Å². The molecule has 0 saturated heterocycles. The van der Waals surface area contributed by atoms with Crippen LogP contribution in [0.3, 0.4) is 0 Å². The van der Waals surface area contributed by atoms with Crippen LogP contribution >= 0.6 is 23.2 Å². The maximum absolute atomic E-state index is 12.2.